The molecule has 0 aliphatic carbocycles. The molecule has 0 bridgehead atoms. The number of carbonyl (C=O) groups is 1. The van der Waals surface area contributed by atoms with E-state index in [-0.39, 0.29) is 11.6 Å². The van der Waals surface area contributed by atoms with Crippen LogP contribution in [0.15, 0.2) is 51.6 Å². The number of halogens is 1. The van der Waals surface area contributed by atoms with Gasteiger partial charge in [0.15, 0.2) is 5.70 Å². The fourth-order valence-corrected chi connectivity index (χ4v) is 2.96. The first kappa shape index (κ1) is 17.2. The molecule has 0 N–H and O–H groups in total. The molecule has 0 spiro atoms. The molecule has 0 saturated heterocycles. The molecule has 0 radical (unpaired) electrons. The normalized spacial score (nSPS) is 15.1. The third-order valence-electron chi connectivity index (χ3n) is 3.75. The summed E-state index contributed by atoms with van der Waals surface area (Å²) >= 11 is 3.41. The van der Waals surface area contributed by atoms with E-state index in [1.54, 1.807) is 26.4 Å². The van der Waals surface area contributed by atoms with Crippen molar-refractivity contribution in [1.82, 2.24) is 0 Å². The van der Waals surface area contributed by atoms with Gasteiger partial charge in [-0.15, -0.1) is 0 Å². The Bertz CT molecular complexity index is 902. The molecular weight excluding hydrogens is 386 g/mol. The molecule has 5 nitrogen and oxygen atoms in total. The Balaban J connectivity index is 2.05. The third-order valence-corrected chi connectivity index (χ3v) is 4.24. The summed E-state index contributed by atoms with van der Waals surface area (Å²) in [5, 5.41) is 0. The summed E-state index contributed by atoms with van der Waals surface area (Å²) in [4.78, 5) is 16.6. The lowest BCUT2D eigenvalue weighted by Gasteiger charge is -2.09. The minimum Gasteiger partial charge on any atom is -0.496 e. The molecule has 2 aromatic carbocycles. The highest BCUT2D eigenvalue weighted by Gasteiger charge is 2.27. The standard InChI is InChI=1S/C19H16BrNO4/c1-11-5-4-6-14(17(11)24-3)18-21-15(19(22)25-18)10-12-9-13(20)7-8-16(12)23-2/h4-10H,1-3H3. The predicted octanol–water partition coefficient (Wildman–Crippen LogP) is 4.12. The Labute approximate surface area is 154 Å². The maximum Gasteiger partial charge on any atom is 0.363 e. The summed E-state index contributed by atoms with van der Waals surface area (Å²) in [6.07, 6.45) is 1.64. The minimum absolute atomic E-state index is 0.204. The number of nitrogens with zero attached hydrogens (tertiary/aromatic N) is 1. The van der Waals surface area contributed by atoms with Gasteiger partial charge in [0.25, 0.3) is 0 Å². The number of rotatable bonds is 4. The van der Waals surface area contributed by atoms with E-state index in [0.29, 0.717) is 17.1 Å². The predicted molar refractivity (Wildman–Crippen MR) is 99.0 cm³/mol. The number of methoxy groups -OCH3 is 2. The SMILES string of the molecule is COc1ccc(Br)cc1C=C1N=C(c2cccc(C)c2OC)OC1=O. The van der Waals surface area contributed by atoms with Gasteiger partial charge >= 0.3 is 5.97 Å². The lowest BCUT2D eigenvalue weighted by molar-refractivity contribution is -0.129. The molecule has 1 aliphatic rings. The van der Waals surface area contributed by atoms with Gasteiger partial charge < -0.3 is 14.2 Å². The second-order valence-electron chi connectivity index (χ2n) is 5.38. The molecular formula is C19H16BrNO4. The van der Waals surface area contributed by atoms with Gasteiger partial charge in [-0.1, -0.05) is 28.1 Å². The second kappa shape index (κ2) is 7.11. The first-order chi connectivity index (χ1) is 12.0. The van der Waals surface area contributed by atoms with Crippen molar-refractivity contribution in [2.75, 3.05) is 14.2 Å². The molecule has 25 heavy (non-hydrogen) atoms. The number of para-hydroxylation sites is 1. The van der Waals surface area contributed by atoms with Crippen molar-refractivity contribution in [1.29, 1.82) is 0 Å². The van der Waals surface area contributed by atoms with Gasteiger partial charge in [0.1, 0.15) is 11.5 Å². The van der Waals surface area contributed by atoms with Crippen LogP contribution in [0.4, 0.5) is 0 Å². The molecule has 1 heterocycles. The maximum absolute atomic E-state index is 12.2. The number of hydrogen-bond acceptors (Lipinski definition) is 5. The Morgan fingerprint density at radius 1 is 1.16 bits per heavy atom. The summed E-state index contributed by atoms with van der Waals surface area (Å²) in [6.45, 7) is 1.92. The van der Waals surface area contributed by atoms with Crippen molar-refractivity contribution in [3.63, 3.8) is 0 Å². The Kier molecular flexibility index (Phi) is 4.90. The molecule has 0 atom stereocenters. The zero-order valence-corrected chi connectivity index (χ0v) is 15.6. The van der Waals surface area contributed by atoms with E-state index < -0.39 is 5.97 Å². The number of aryl methyl sites for hydroxylation is 1. The number of cyclic esters (lactones) is 1. The van der Waals surface area contributed by atoms with Crippen LogP contribution in [-0.2, 0) is 9.53 Å². The Morgan fingerprint density at radius 2 is 1.96 bits per heavy atom. The van der Waals surface area contributed by atoms with Crippen LogP contribution < -0.4 is 9.47 Å². The molecule has 0 saturated carbocycles. The number of benzene rings is 2. The van der Waals surface area contributed by atoms with Crippen molar-refractivity contribution in [3.8, 4) is 11.5 Å². The van der Waals surface area contributed by atoms with Crippen LogP contribution in [0.1, 0.15) is 16.7 Å². The summed E-state index contributed by atoms with van der Waals surface area (Å²) < 4.78 is 17.0. The lowest BCUT2D eigenvalue weighted by Crippen LogP contribution is -2.07. The van der Waals surface area contributed by atoms with E-state index in [4.69, 9.17) is 14.2 Å². The van der Waals surface area contributed by atoms with Crippen molar-refractivity contribution in [2.24, 2.45) is 4.99 Å². The van der Waals surface area contributed by atoms with E-state index >= 15 is 0 Å². The van der Waals surface area contributed by atoms with Crippen LogP contribution >= 0.6 is 15.9 Å². The molecule has 1 aliphatic heterocycles. The fourth-order valence-electron chi connectivity index (χ4n) is 2.58. The highest BCUT2D eigenvalue weighted by atomic mass is 79.9. The molecule has 2 aromatic rings. The van der Waals surface area contributed by atoms with Crippen molar-refractivity contribution in [2.45, 2.75) is 6.92 Å². The third kappa shape index (κ3) is 3.44. The van der Waals surface area contributed by atoms with Crippen molar-refractivity contribution in [3.05, 3.63) is 63.3 Å². The molecule has 0 aromatic heterocycles. The van der Waals surface area contributed by atoms with E-state index in [9.17, 15) is 4.79 Å². The van der Waals surface area contributed by atoms with Gasteiger partial charge in [-0.05, 0) is 42.8 Å². The van der Waals surface area contributed by atoms with Gasteiger partial charge in [0.05, 0.1) is 19.8 Å². The number of esters is 1. The number of aliphatic imine (C=N–C) groups is 1. The van der Waals surface area contributed by atoms with Gasteiger partial charge in [0.2, 0.25) is 5.90 Å². The zero-order chi connectivity index (χ0) is 18.0. The second-order valence-corrected chi connectivity index (χ2v) is 6.29. The maximum atomic E-state index is 12.2. The van der Waals surface area contributed by atoms with Crippen LogP contribution in [0.2, 0.25) is 0 Å². The van der Waals surface area contributed by atoms with Crippen LogP contribution in [0.3, 0.4) is 0 Å². The Hall–Kier alpha value is -2.60. The first-order valence-electron chi connectivity index (χ1n) is 7.53. The summed E-state index contributed by atoms with van der Waals surface area (Å²) in [6, 6.07) is 11.1. The van der Waals surface area contributed by atoms with Gasteiger partial charge in [-0.2, -0.15) is 0 Å². The summed E-state index contributed by atoms with van der Waals surface area (Å²) in [7, 11) is 3.15. The smallest absolute Gasteiger partial charge is 0.363 e. The first-order valence-corrected chi connectivity index (χ1v) is 8.33. The average molecular weight is 402 g/mol. The van der Waals surface area contributed by atoms with Crippen molar-refractivity contribution < 1.29 is 19.0 Å². The Morgan fingerprint density at radius 3 is 2.68 bits per heavy atom. The number of ether oxygens (including phenoxy) is 3. The molecule has 3 rings (SSSR count). The molecule has 0 fully saturated rings. The highest BCUT2D eigenvalue weighted by molar-refractivity contribution is 9.10. The monoisotopic (exact) mass is 401 g/mol. The molecule has 128 valence electrons. The topological polar surface area (TPSA) is 57.1 Å². The minimum atomic E-state index is -0.513. The zero-order valence-electron chi connectivity index (χ0n) is 14.0. The van der Waals surface area contributed by atoms with Crippen LogP contribution in [0, 0.1) is 6.92 Å². The van der Waals surface area contributed by atoms with Gasteiger partial charge in [0, 0.05) is 10.0 Å². The van der Waals surface area contributed by atoms with Crippen molar-refractivity contribution >= 4 is 33.9 Å². The van der Waals surface area contributed by atoms with E-state index in [0.717, 1.165) is 15.6 Å². The van der Waals surface area contributed by atoms with Crippen LogP contribution in [0.5, 0.6) is 11.5 Å². The van der Waals surface area contributed by atoms with E-state index in [1.165, 1.54) is 0 Å². The highest BCUT2D eigenvalue weighted by Crippen LogP contribution is 2.30. The summed E-state index contributed by atoms with van der Waals surface area (Å²) in [5.41, 5.74) is 2.50. The summed E-state index contributed by atoms with van der Waals surface area (Å²) in [5.74, 6) is 0.988. The van der Waals surface area contributed by atoms with Crippen LogP contribution in [-0.4, -0.2) is 26.1 Å². The number of carbonyl (C=O) groups excluding carboxylic acids is 1. The quantitative estimate of drug-likeness (QED) is 0.571. The molecule has 6 heteroatoms. The molecule has 0 unspecified atom stereocenters. The largest absolute Gasteiger partial charge is 0.496 e. The van der Waals surface area contributed by atoms with Crippen LogP contribution in [0.25, 0.3) is 6.08 Å². The lowest BCUT2D eigenvalue weighted by atomic mass is 10.1. The fraction of sp³-hybridized carbons (Fsp3) is 0.158. The molecule has 0 amide bonds. The van der Waals surface area contributed by atoms with Gasteiger partial charge in [-0.3, -0.25) is 0 Å². The van der Waals surface area contributed by atoms with Gasteiger partial charge in [-0.25, -0.2) is 9.79 Å². The van der Waals surface area contributed by atoms with E-state index in [1.807, 2.05) is 37.3 Å². The average Bonchev–Trinajstić information content (AvgIpc) is 2.95. The van der Waals surface area contributed by atoms with E-state index in [2.05, 4.69) is 20.9 Å². The number of hydrogen-bond donors (Lipinski definition) is 0.